The van der Waals surface area contributed by atoms with Crippen LogP contribution in [0.4, 0.5) is 10.2 Å². The molecule has 2 fully saturated rings. The van der Waals surface area contributed by atoms with Crippen molar-refractivity contribution in [3.8, 4) is 12.1 Å². The summed E-state index contributed by atoms with van der Waals surface area (Å²) >= 11 is 6.47. The molecular formula is C33H44ClFN6O2. The van der Waals surface area contributed by atoms with E-state index in [1.54, 1.807) is 0 Å². The number of rotatable bonds is 13. The highest BCUT2D eigenvalue weighted by molar-refractivity contribution is 6.31. The number of ether oxygens (including phenoxy) is 1. The van der Waals surface area contributed by atoms with E-state index >= 15 is 0 Å². The SMILES string of the molecule is C=C(F)C(=O)N1CCN(c2nc(OCC3CCCN3CC)nc(C(C)CCc3ccccc3Cl)c2CCC)CC1CC#N. The van der Waals surface area contributed by atoms with Crippen molar-refractivity contribution >= 4 is 23.3 Å². The van der Waals surface area contributed by atoms with Crippen molar-refractivity contribution in [3.63, 3.8) is 0 Å². The molecule has 10 heteroatoms. The normalized spacial score (nSPS) is 19.7. The molecule has 8 nitrogen and oxygen atoms in total. The van der Waals surface area contributed by atoms with E-state index < -0.39 is 17.8 Å². The van der Waals surface area contributed by atoms with Gasteiger partial charge in [0.2, 0.25) is 0 Å². The summed E-state index contributed by atoms with van der Waals surface area (Å²) in [7, 11) is 0. The van der Waals surface area contributed by atoms with Gasteiger partial charge in [0.25, 0.3) is 5.91 Å². The van der Waals surface area contributed by atoms with Gasteiger partial charge in [0, 0.05) is 36.3 Å². The molecule has 0 bridgehead atoms. The molecule has 3 unspecified atom stereocenters. The number of anilines is 1. The Labute approximate surface area is 260 Å². The first-order valence-corrected chi connectivity index (χ1v) is 15.9. The van der Waals surface area contributed by atoms with Crippen LogP contribution in [0.2, 0.25) is 5.02 Å². The van der Waals surface area contributed by atoms with Gasteiger partial charge >= 0.3 is 6.01 Å². The fourth-order valence-corrected chi connectivity index (χ4v) is 6.55. The number of piperazine rings is 1. The third kappa shape index (κ3) is 8.04. The molecule has 1 aromatic heterocycles. The van der Waals surface area contributed by atoms with Gasteiger partial charge in [-0.2, -0.15) is 15.2 Å². The summed E-state index contributed by atoms with van der Waals surface area (Å²) in [6.07, 6.45) is 5.66. The van der Waals surface area contributed by atoms with Gasteiger partial charge in [0.15, 0.2) is 5.83 Å². The predicted molar refractivity (Wildman–Crippen MR) is 168 cm³/mol. The van der Waals surface area contributed by atoms with Crippen LogP contribution < -0.4 is 9.64 Å². The Kier molecular flexibility index (Phi) is 11.8. The monoisotopic (exact) mass is 610 g/mol. The van der Waals surface area contributed by atoms with E-state index in [1.165, 1.54) is 4.90 Å². The lowest BCUT2D eigenvalue weighted by atomic mass is 9.93. The molecule has 2 aliphatic rings. The average Bonchev–Trinajstić information content (AvgIpc) is 3.47. The third-order valence-corrected chi connectivity index (χ3v) is 9.05. The van der Waals surface area contributed by atoms with E-state index in [0.717, 1.165) is 79.3 Å². The number of aromatic nitrogens is 2. The van der Waals surface area contributed by atoms with E-state index in [0.29, 0.717) is 31.7 Å². The van der Waals surface area contributed by atoms with E-state index in [1.807, 2.05) is 18.2 Å². The van der Waals surface area contributed by atoms with Gasteiger partial charge in [-0.1, -0.05) is 63.6 Å². The first-order valence-electron chi connectivity index (χ1n) is 15.6. The summed E-state index contributed by atoms with van der Waals surface area (Å²) < 4.78 is 20.2. The van der Waals surface area contributed by atoms with Crippen LogP contribution in [0.25, 0.3) is 0 Å². The van der Waals surface area contributed by atoms with Crippen LogP contribution in [0.5, 0.6) is 6.01 Å². The number of amides is 1. The number of carbonyl (C=O) groups is 1. The second kappa shape index (κ2) is 15.5. The minimum Gasteiger partial charge on any atom is -0.462 e. The Morgan fingerprint density at radius 1 is 1.21 bits per heavy atom. The second-order valence-electron chi connectivity index (χ2n) is 11.6. The van der Waals surface area contributed by atoms with Crippen LogP contribution in [0.1, 0.15) is 75.6 Å². The minimum atomic E-state index is -1.01. The Hall–Kier alpha value is -3.22. The van der Waals surface area contributed by atoms with Gasteiger partial charge in [-0.3, -0.25) is 9.69 Å². The number of benzene rings is 1. The molecule has 1 amide bonds. The Morgan fingerprint density at radius 2 is 2.00 bits per heavy atom. The summed E-state index contributed by atoms with van der Waals surface area (Å²) in [6.45, 7) is 13.3. The highest BCUT2D eigenvalue weighted by atomic mass is 35.5. The smallest absolute Gasteiger partial charge is 0.318 e. The van der Waals surface area contributed by atoms with Gasteiger partial charge in [0.05, 0.1) is 24.2 Å². The number of aryl methyl sites for hydroxylation is 1. The maximum absolute atomic E-state index is 13.8. The molecule has 0 radical (unpaired) electrons. The first kappa shape index (κ1) is 32.7. The molecule has 3 atom stereocenters. The number of hydrogen-bond donors (Lipinski definition) is 0. The van der Waals surface area contributed by atoms with Crippen LogP contribution in [-0.4, -0.2) is 77.1 Å². The highest BCUT2D eigenvalue weighted by Crippen LogP contribution is 2.34. The van der Waals surface area contributed by atoms with Gasteiger partial charge in [0.1, 0.15) is 12.4 Å². The maximum Gasteiger partial charge on any atom is 0.318 e. The van der Waals surface area contributed by atoms with Crippen LogP contribution in [0.3, 0.4) is 0 Å². The predicted octanol–water partition coefficient (Wildman–Crippen LogP) is 6.10. The van der Waals surface area contributed by atoms with E-state index in [2.05, 4.69) is 49.3 Å². The summed E-state index contributed by atoms with van der Waals surface area (Å²) in [5.41, 5.74) is 3.12. The molecular weight excluding hydrogens is 567 g/mol. The molecule has 0 N–H and O–H groups in total. The fraction of sp³-hybridized carbons (Fsp3) is 0.576. The molecule has 0 saturated carbocycles. The lowest BCUT2D eigenvalue weighted by Gasteiger charge is -2.41. The number of halogens is 2. The lowest BCUT2D eigenvalue weighted by Crippen LogP contribution is -2.55. The molecule has 3 heterocycles. The van der Waals surface area contributed by atoms with Crippen molar-refractivity contribution in [2.45, 2.75) is 83.7 Å². The fourth-order valence-electron chi connectivity index (χ4n) is 6.32. The largest absolute Gasteiger partial charge is 0.462 e. The summed E-state index contributed by atoms with van der Waals surface area (Å²) in [4.78, 5) is 28.5. The molecule has 2 saturated heterocycles. The van der Waals surface area contributed by atoms with Crippen LogP contribution in [0, 0.1) is 11.3 Å². The minimum absolute atomic E-state index is 0.0860. The van der Waals surface area contributed by atoms with Crippen molar-refractivity contribution < 1.29 is 13.9 Å². The van der Waals surface area contributed by atoms with Crippen LogP contribution in [-0.2, 0) is 17.6 Å². The second-order valence-corrected chi connectivity index (χ2v) is 12.0. The zero-order valence-corrected chi connectivity index (χ0v) is 26.5. The van der Waals surface area contributed by atoms with Crippen molar-refractivity contribution in [1.29, 1.82) is 5.26 Å². The van der Waals surface area contributed by atoms with Gasteiger partial charge in [-0.25, -0.2) is 4.39 Å². The zero-order valence-electron chi connectivity index (χ0n) is 25.7. The number of carbonyl (C=O) groups excluding carboxylic acids is 1. The van der Waals surface area contributed by atoms with Crippen molar-refractivity contribution in [2.75, 3.05) is 44.2 Å². The topological polar surface area (TPSA) is 85.6 Å². The number of nitriles is 1. The Balaban J connectivity index is 1.68. The first-order chi connectivity index (χ1) is 20.8. The standard InChI is InChI=1S/C33H44ClFN6O2/c1-5-10-28-30(23(3)14-15-25-11-7-8-13-29(25)34)37-33(43-22-27-12-9-18-39(27)6-2)38-31(28)40-19-20-41(32(42)24(4)35)26(21-40)16-17-36/h7-8,11,13,23,26-27H,4-6,9-10,12,14-16,18-22H2,1-3H3. The highest BCUT2D eigenvalue weighted by Gasteiger charge is 2.34. The molecule has 2 aromatic rings. The quantitative estimate of drug-likeness (QED) is 0.254. The Morgan fingerprint density at radius 3 is 2.70 bits per heavy atom. The van der Waals surface area contributed by atoms with Gasteiger partial charge < -0.3 is 14.5 Å². The van der Waals surface area contributed by atoms with Crippen LogP contribution in [0.15, 0.2) is 36.7 Å². The molecule has 232 valence electrons. The number of likely N-dealkylation sites (N-methyl/N-ethyl adjacent to an activating group) is 1. The molecule has 1 aromatic carbocycles. The molecule has 4 rings (SSSR count). The third-order valence-electron chi connectivity index (χ3n) is 8.68. The summed E-state index contributed by atoms with van der Waals surface area (Å²) in [6, 6.07) is 10.3. The maximum atomic E-state index is 13.8. The van der Waals surface area contributed by atoms with E-state index in [4.69, 9.17) is 26.3 Å². The van der Waals surface area contributed by atoms with Gasteiger partial charge in [-0.15, -0.1) is 0 Å². The Bertz CT molecular complexity index is 1320. The number of likely N-dealkylation sites (tertiary alicyclic amines) is 1. The zero-order chi connectivity index (χ0) is 30.9. The molecule has 0 aliphatic carbocycles. The number of hydrogen-bond acceptors (Lipinski definition) is 7. The van der Waals surface area contributed by atoms with Gasteiger partial charge in [-0.05, 0) is 62.7 Å². The van der Waals surface area contributed by atoms with Crippen molar-refractivity contribution in [1.82, 2.24) is 19.8 Å². The van der Waals surface area contributed by atoms with E-state index in [-0.39, 0.29) is 18.9 Å². The lowest BCUT2D eigenvalue weighted by molar-refractivity contribution is -0.131. The summed E-state index contributed by atoms with van der Waals surface area (Å²) in [5, 5.41) is 10.3. The average molecular weight is 611 g/mol. The van der Waals surface area contributed by atoms with E-state index in [9.17, 15) is 14.4 Å². The van der Waals surface area contributed by atoms with Crippen molar-refractivity contribution in [3.05, 3.63) is 58.5 Å². The molecule has 2 aliphatic heterocycles. The van der Waals surface area contributed by atoms with Crippen molar-refractivity contribution in [2.24, 2.45) is 0 Å². The molecule has 0 spiro atoms. The molecule has 43 heavy (non-hydrogen) atoms. The summed E-state index contributed by atoms with van der Waals surface area (Å²) in [5.74, 6) is -0.887. The van der Waals surface area contributed by atoms with Crippen LogP contribution >= 0.6 is 11.6 Å². The number of nitrogens with zero attached hydrogens (tertiary/aromatic N) is 6.